The maximum absolute atomic E-state index is 11.0. The maximum atomic E-state index is 11.0. The van der Waals surface area contributed by atoms with Gasteiger partial charge in [-0.1, -0.05) is 13.8 Å². The highest BCUT2D eigenvalue weighted by atomic mass is 31.2. The fraction of sp³-hybridized carbons (Fsp3) is 0.778. The molecule has 0 aliphatic rings. The summed E-state index contributed by atoms with van der Waals surface area (Å²) in [6, 6.07) is 0. The summed E-state index contributed by atoms with van der Waals surface area (Å²) in [5, 5.41) is 0. The number of phosphoric acid groups is 1. The first-order chi connectivity index (χ1) is 7.05. The van der Waals surface area contributed by atoms with Gasteiger partial charge in [0.25, 0.3) is 0 Å². The highest BCUT2D eigenvalue weighted by molar-refractivity contribution is 7.47. The van der Waals surface area contributed by atoms with E-state index in [0.29, 0.717) is 6.54 Å². The molecule has 0 spiro atoms. The number of hydrogen-bond acceptors (Lipinski definition) is 4. The maximum Gasteiger partial charge on any atom is 0.526 e. The van der Waals surface area contributed by atoms with E-state index >= 15 is 0 Å². The normalized spacial score (nSPS) is 15.8. The number of rotatable bonds is 8. The van der Waals surface area contributed by atoms with Gasteiger partial charge in [0.2, 0.25) is 0 Å². The Balaban J connectivity index is 3.84. The van der Waals surface area contributed by atoms with Gasteiger partial charge >= 0.3 is 7.82 Å². The van der Waals surface area contributed by atoms with Crippen LogP contribution in [-0.2, 0) is 13.6 Å². The van der Waals surface area contributed by atoms with E-state index in [0.717, 1.165) is 13.1 Å². The fourth-order valence-electron chi connectivity index (χ4n) is 0.987. The summed E-state index contributed by atoms with van der Waals surface area (Å²) in [4.78, 5) is 11.2. The lowest BCUT2D eigenvalue weighted by atomic mass is 10.5. The van der Waals surface area contributed by atoms with Crippen molar-refractivity contribution in [1.29, 1.82) is 0 Å². The topological polar surface area (TPSA) is 59.0 Å². The molecule has 0 amide bonds. The summed E-state index contributed by atoms with van der Waals surface area (Å²) in [5.74, 6) is 0. The molecule has 0 bridgehead atoms. The number of phosphoric ester groups is 1. The van der Waals surface area contributed by atoms with Crippen LogP contribution >= 0.6 is 7.82 Å². The Morgan fingerprint density at radius 2 is 1.93 bits per heavy atom. The Labute approximate surface area is 91.3 Å². The van der Waals surface area contributed by atoms with Crippen molar-refractivity contribution in [2.24, 2.45) is 0 Å². The lowest BCUT2D eigenvalue weighted by Crippen LogP contribution is -2.22. The van der Waals surface area contributed by atoms with Crippen molar-refractivity contribution in [2.45, 2.75) is 20.8 Å². The van der Waals surface area contributed by atoms with Gasteiger partial charge in [-0.15, -0.1) is 0 Å². The van der Waals surface area contributed by atoms with E-state index in [4.69, 9.17) is 4.89 Å². The smallest absolute Gasteiger partial charge is 0.412 e. The molecule has 15 heavy (non-hydrogen) atoms. The Morgan fingerprint density at radius 1 is 1.33 bits per heavy atom. The zero-order valence-electron chi connectivity index (χ0n) is 9.55. The summed E-state index contributed by atoms with van der Waals surface area (Å²) >= 11 is 0. The summed E-state index contributed by atoms with van der Waals surface area (Å²) in [7, 11) is -3.87. The molecule has 90 valence electrons. The minimum atomic E-state index is -3.87. The first-order valence-corrected chi connectivity index (χ1v) is 6.58. The number of hydrogen-bond donors (Lipinski definition) is 1. The third kappa shape index (κ3) is 7.56. The lowest BCUT2D eigenvalue weighted by Gasteiger charge is -2.15. The van der Waals surface area contributed by atoms with Crippen LogP contribution in [0.5, 0.6) is 0 Å². The molecule has 0 aromatic carbocycles. The van der Waals surface area contributed by atoms with Crippen LogP contribution in [0.1, 0.15) is 20.8 Å². The van der Waals surface area contributed by atoms with Crippen LogP contribution in [0.15, 0.2) is 12.3 Å². The van der Waals surface area contributed by atoms with E-state index in [1.165, 1.54) is 6.26 Å². The van der Waals surface area contributed by atoms with Crippen molar-refractivity contribution < 1.29 is 18.5 Å². The van der Waals surface area contributed by atoms with Crippen LogP contribution in [0.2, 0.25) is 0 Å². The molecule has 0 radical (unpaired) electrons. The molecule has 5 nitrogen and oxygen atoms in total. The van der Waals surface area contributed by atoms with Gasteiger partial charge in [0.1, 0.15) is 0 Å². The SMILES string of the molecule is CCOP(=O)(O)OC=CCN(CC)CC. The van der Waals surface area contributed by atoms with Crippen LogP contribution in [0.25, 0.3) is 0 Å². The second kappa shape index (κ2) is 7.88. The Kier molecular flexibility index (Phi) is 7.70. The Hall–Kier alpha value is -0.350. The molecule has 0 saturated heterocycles. The largest absolute Gasteiger partial charge is 0.526 e. The van der Waals surface area contributed by atoms with Crippen molar-refractivity contribution in [3.8, 4) is 0 Å². The Bertz CT molecular complexity index is 228. The van der Waals surface area contributed by atoms with Gasteiger partial charge in [-0.3, -0.25) is 9.42 Å². The van der Waals surface area contributed by atoms with E-state index in [1.807, 2.05) is 0 Å². The zero-order chi connectivity index (χ0) is 11.7. The van der Waals surface area contributed by atoms with Crippen molar-refractivity contribution in [1.82, 2.24) is 4.90 Å². The quantitative estimate of drug-likeness (QED) is 0.516. The van der Waals surface area contributed by atoms with E-state index in [-0.39, 0.29) is 6.61 Å². The third-order valence-electron chi connectivity index (χ3n) is 1.84. The molecule has 0 aromatic heterocycles. The average molecular weight is 237 g/mol. The summed E-state index contributed by atoms with van der Waals surface area (Å²) in [6.07, 6.45) is 2.91. The summed E-state index contributed by atoms with van der Waals surface area (Å²) < 4.78 is 20.1. The monoisotopic (exact) mass is 237 g/mol. The third-order valence-corrected chi connectivity index (χ3v) is 2.81. The molecule has 6 heteroatoms. The highest BCUT2D eigenvalue weighted by Crippen LogP contribution is 2.43. The van der Waals surface area contributed by atoms with Gasteiger partial charge < -0.3 is 9.42 Å². The van der Waals surface area contributed by atoms with Crippen LogP contribution in [0.3, 0.4) is 0 Å². The Morgan fingerprint density at radius 3 is 2.40 bits per heavy atom. The van der Waals surface area contributed by atoms with Gasteiger partial charge in [-0.2, -0.15) is 0 Å². The fourth-order valence-corrected chi connectivity index (χ4v) is 1.61. The lowest BCUT2D eigenvalue weighted by molar-refractivity contribution is 0.195. The van der Waals surface area contributed by atoms with E-state index in [9.17, 15) is 4.57 Å². The summed E-state index contributed by atoms with van der Waals surface area (Å²) in [6.45, 7) is 8.44. The number of nitrogens with zero attached hydrogens (tertiary/aromatic N) is 1. The molecule has 0 heterocycles. The first kappa shape index (κ1) is 14.6. The second-order valence-corrected chi connectivity index (χ2v) is 4.26. The molecule has 0 rings (SSSR count). The first-order valence-electron chi connectivity index (χ1n) is 5.08. The standard InChI is InChI=1S/C9H20NO4P/c1-4-10(5-2)8-7-9-14-15(11,12)13-6-3/h7,9H,4-6,8H2,1-3H3,(H,11,12). The molecule has 1 atom stereocenters. The molecule has 1 unspecified atom stereocenters. The van der Waals surface area contributed by atoms with Crippen LogP contribution < -0.4 is 0 Å². The van der Waals surface area contributed by atoms with Crippen LogP contribution in [0.4, 0.5) is 0 Å². The van der Waals surface area contributed by atoms with Gasteiger partial charge in [-0.05, 0) is 26.1 Å². The molecule has 0 saturated carbocycles. The van der Waals surface area contributed by atoms with Crippen molar-refractivity contribution >= 4 is 7.82 Å². The van der Waals surface area contributed by atoms with Crippen LogP contribution in [-0.4, -0.2) is 36.0 Å². The minimum absolute atomic E-state index is 0.150. The van der Waals surface area contributed by atoms with E-state index in [2.05, 4.69) is 27.8 Å². The molecule has 1 N–H and O–H groups in total. The van der Waals surface area contributed by atoms with Crippen molar-refractivity contribution in [3.05, 3.63) is 12.3 Å². The van der Waals surface area contributed by atoms with Gasteiger partial charge in [0, 0.05) is 6.54 Å². The molecule has 0 aliphatic heterocycles. The molecular formula is C9H20NO4P. The number of likely N-dealkylation sites (N-methyl/N-ethyl adjacent to an activating group) is 1. The molecule has 0 fully saturated rings. The van der Waals surface area contributed by atoms with Gasteiger partial charge in [0.15, 0.2) is 0 Å². The predicted molar refractivity (Wildman–Crippen MR) is 59.5 cm³/mol. The van der Waals surface area contributed by atoms with Crippen molar-refractivity contribution in [2.75, 3.05) is 26.2 Å². The molecule has 0 aromatic rings. The minimum Gasteiger partial charge on any atom is -0.412 e. The average Bonchev–Trinajstić information content (AvgIpc) is 2.18. The van der Waals surface area contributed by atoms with E-state index < -0.39 is 7.82 Å². The van der Waals surface area contributed by atoms with Crippen molar-refractivity contribution in [3.63, 3.8) is 0 Å². The van der Waals surface area contributed by atoms with E-state index in [1.54, 1.807) is 13.0 Å². The zero-order valence-corrected chi connectivity index (χ0v) is 10.4. The van der Waals surface area contributed by atoms with Crippen LogP contribution in [0, 0.1) is 0 Å². The molecule has 0 aliphatic carbocycles. The second-order valence-electron chi connectivity index (χ2n) is 2.85. The highest BCUT2D eigenvalue weighted by Gasteiger charge is 2.18. The van der Waals surface area contributed by atoms with Gasteiger partial charge in [0.05, 0.1) is 12.9 Å². The summed E-state index contributed by atoms with van der Waals surface area (Å²) in [5.41, 5.74) is 0. The molecular weight excluding hydrogens is 217 g/mol. The van der Waals surface area contributed by atoms with Gasteiger partial charge in [-0.25, -0.2) is 4.57 Å². The predicted octanol–water partition coefficient (Wildman–Crippen LogP) is 2.00.